The smallest absolute Gasteiger partial charge is 0.326 e. The second-order valence-electron chi connectivity index (χ2n) is 4.37. The maximum Gasteiger partial charge on any atom is 0.326 e. The second-order valence-corrected chi connectivity index (χ2v) is 4.37. The molecule has 0 bridgehead atoms. The highest BCUT2D eigenvalue weighted by atomic mass is 16.4. The minimum absolute atomic E-state index is 0.0687. The van der Waals surface area contributed by atoms with Crippen molar-refractivity contribution < 1.29 is 24.6 Å². The fourth-order valence-electron chi connectivity index (χ4n) is 1.66. The molecule has 0 aliphatic heterocycles. The first-order valence-corrected chi connectivity index (χ1v) is 6.29. The molecule has 114 valence electrons. The van der Waals surface area contributed by atoms with Crippen LogP contribution in [0.1, 0.15) is 19.3 Å². The number of aromatic nitrogens is 1. The van der Waals surface area contributed by atoms with Gasteiger partial charge in [-0.05, 0) is 12.5 Å². The van der Waals surface area contributed by atoms with E-state index in [1.807, 2.05) is 0 Å². The normalized spacial score (nSPS) is 11.6. The molecule has 3 N–H and O–H groups in total. The SMILES string of the molecule is O=C(O)CC[C@H](NC(=O)CCn1ccccc1=O)C(=O)O. The maximum absolute atomic E-state index is 11.6. The largest absolute Gasteiger partial charge is 0.481 e. The van der Waals surface area contributed by atoms with Gasteiger partial charge in [-0.1, -0.05) is 6.07 Å². The van der Waals surface area contributed by atoms with Crippen molar-refractivity contribution in [1.29, 1.82) is 0 Å². The Morgan fingerprint density at radius 1 is 1.19 bits per heavy atom. The van der Waals surface area contributed by atoms with Crippen LogP contribution in [0.3, 0.4) is 0 Å². The quantitative estimate of drug-likeness (QED) is 0.603. The Labute approximate surface area is 120 Å². The van der Waals surface area contributed by atoms with Crippen molar-refractivity contribution in [2.45, 2.75) is 31.8 Å². The van der Waals surface area contributed by atoms with Crippen LogP contribution in [-0.4, -0.2) is 38.7 Å². The summed E-state index contributed by atoms with van der Waals surface area (Å²) in [7, 11) is 0. The molecule has 8 heteroatoms. The van der Waals surface area contributed by atoms with Gasteiger partial charge in [0.2, 0.25) is 5.91 Å². The lowest BCUT2D eigenvalue weighted by Crippen LogP contribution is -2.41. The van der Waals surface area contributed by atoms with E-state index in [2.05, 4.69) is 5.32 Å². The topological polar surface area (TPSA) is 126 Å². The lowest BCUT2D eigenvalue weighted by molar-refractivity contribution is -0.143. The minimum Gasteiger partial charge on any atom is -0.481 e. The summed E-state index contributed by atoms with van der Waals surface area (Å²) in [5.41, 5.74) is -0.258. The number of hydrogen-bond acceptors (Lipinski definition) is 4. The van der Waals surface area contributed by atoms with E-state index in [4.69, 9.17) is 10.2 Å². The number of aliphatic carboxylic acids is 2. The third-order valence-electron chi connectivity index (χ3n) is 2.76. The molecule has 0 unspecified atom stereocenters. The number of pyridine rings is 1. The summed E-state index contributed by atoms with van der Waals surface area (Å²) in [6.45, 7) is 0.122. The average Bonchev–Trinajstić information content (AvgIpc) is 2.42. The van der Waals surface area contributed by atoms with Gasteiger partial charge in [0, 0.05) is 31.6 Å². The van der Waals surface area contributed by atoms with Crippen LogP contribution in [0.4, 0.5) is 0 Å². The van der Waals surface area contributed by atoms with E-state index >= 15 is 0 Å². The number of hydrogen-bond donors (Lipinski definition) is 3. The van der Waals surface area contributed by atoms with E-state index in [-0.39, 0.29) is 31.4 Å². The highest BCUT2D eigenvalue weighted by molar-refractivity contribution is 5.83. The van der Waals surface area contributed by atoms with Gasteiger partial charge < -0.3 is 20.1 Å². The third-order valence-corrected chi connectivity index (χ3v) is 2.76. The lowest BCUT2D eigenvalue weighted by Gasteiger charge is -2.13. The van der Waals surface area contributed by atoms with Crippen LogP contribution in [-0.2, 0) is 20.9 Å². The van der Waals surface area contributed by atoms with E-state index in [9.17, 15) is 19.2 Å². The van der Waals surface area contributed by atoms with Crippen LogP contribution in [0.15, 0.2) is 29.2 Å². The summed E-state index contributed by atoms with van der Waals surface area (Å²) in [5, 5.41) is 19.7. The maximum atomic E-state index is 11.6. The van der Waals surface area contributed by atoms with Gasteiger partial charge in [-0.2, -0.15) is 0 Å². The van der Waals surface area contributed by atoms with Crippen molar-refractivity contribution in [2.75, 3.05) is 0 Å². The van der Waals surface area contributed by atoms with Crippen LogP contribution in [0, 0.1) is 0 Å². The zero-order valence-corrected chi connectivity index (χ0v) is 11.2. The molecule has 1 aromatic heterocycles. The van der Waals surface area contributed by atoms with Gasteiger partial charge in [0.05, 0.1) is 0 Å². The number of carboxylic acids is 2. The zero-order chi connectivity index (χ0) is 15.8. The van der Waals surface area contributed by atoms with E-state index in [1.54, 1.807) is 12.1 Å². The molecule has 1 aromatic rings. The molecular formula is C13H16N2O6. The van der Waals surface area contributed by atoms with Crippen LogP contribution in [0.5, 0.6) is 0 Å². The Balaban J connectivity index is 2.50. The fourth-order valence-corrected chi connectivity index (χ4v) is 1.66. The molecule has 8 nitrogen and oxygen atoms in total. The molecule has 0 aliphatic rings. The molecule has 1 heterocycles. The van der Waals surface area contributed by atoms with Gasteiger partial charge >= 0.3 is 11.9 Å². The predicted molar refractivity (Wildman–Crippen MR) is 71.8 cm³/mol. The summed E-state index contributed by atoms with van der Waals surface area (Å²) < 4.78 is 1.33. The highest BCUT2D eigenvalue weighted by Crippen LogP contribution is 1.99. The minimum atomic E-state index is -1.29. The molecule has 0 saturated carbocycles. The van der Waals surface area contributed by atoms with Crippen molar-refractivity contribution in [3.05, 3.63) is 34.7 Å². The second kappa shape index (κ2) is 7.83. The Morgan fingerprint density at radius 2 is 1.90 bits per heavy atom. The monoisotopic (exact) mass is 296 g/mol. The molecule has 0 aliphatic carbocycles. The molecular weight excluding hydrogens is 280 g/mol. The molecule has 21 heavy (non-hydrogen) atoms. The molecule has 1 amide bonds. The van der Waals surface area contributed by atoms with Gasteiger partial charge in [0.1, 0.15) is 6.04 Å². The molecule has 0 fully saturated rings. The van der Waals surface area contributed by atoms with E-state index in [0.717, 1.165) is 0 Å². The van der Waals surface area contributed by atoms with E-state index in [1.165, 1.54) is 16.8 Å². The first kappa shape index (κ1) is 16.4. The van der Waals surface area contributed by atoms with Gasteiger partial charge in [-0.3, -0.25) is 14.4 Å². The van der Waals surface area contributed by atoms with Gasteiger partial charge in [0.15, 0.2) is 0 Å². The highest BCUT2D eigenvalue weighted by Gasteiger charge is 2.20. The van der Waals surface area contributed by atoms with Gasteiger partial charge in [-0.25, -0.2) is 4.79 Å². The Morgan fingerprint density at radius 3 is 2.48 bits per heavy atom. The summed E-state index contributed by atoms with van der Waals surface area (Å²) in [4.78, 5) is 44.4. The summed E-state index contributed by atoms with van der Waals surface area (Å²) in [6, 6.07) is 3.32. The van der Waals surface area contributed by atoms with Crippen LogP contribution in [0.25, 0.3) is 0 Å². The Bertz CT molecular complexity index is 580. The first-order chi connectivity index (χ1) is 9.90. The summed E-state index contributed by atoms with van der Waals surface area (Å²) in [6.07, 6.45) is 0.909. The molecule has 0 aromatic carbocycles. The van der Waals surface area contributed by atoms with Crippen LogP contribution >= 0.6 is 0 Å². The number of rotatable bonds is 8. The number of carbonyl (C=O) groups excluding carboxylic acids is 1. The van der Waals surface area contributed by atoms with Crippen molar-refractivity contribution in [3.8, 4) is 0 Å². The number of nitrogens with one attached hydrogen (secondary N) is 1. The standard InChI is InChI=1S/C13H16N2O6/c16-10(6-8-15-7-2-1-3-11(15)17)14-9(13(20)21)4-5-12(18)19/h1-3,7,9H,4-6,8H2,(H,14,16)(H,18,19)(H,20,21)/t9-/m0/s1. The molecule has 1 atom stereocenters. The number of aryl methyl sites for hydroxylation is 1. The van der Waals surface area contributed by atoms with Crippen molar-refractivity contribution >= 4 is 17.8 Å². The Hall–Kier alpha value is -2.64. The third kappa shape index (κ3) is 5.89. The predicted octanol–water partition coefficient (Wildman–Crippen LogP) is -0.327. The van der Waals surface area contributed by atoms with Crippen LogP contribution in [0.2, 0.25) is 0 Å². The van der Waals surface area contributed by atoms with Gasteiger partial charge in [-0.15, -0.1) is 0 Å². The molecule has 0 radical (unpaired) electrons. The van der Waals surface area contributed by atoms with E-state index in [0.29, 0.717) is 0 Å². The summed E-state index contributed by atoms with van der Waals surface area (Å²) in [5.74, 6) is -2.98. The zero-order valence-electron chi connectivity index (χ0n) is 11.2. The number of carbonyl (C=O) groups is 3. The average molecular weight is 296 g/mol. The summed E-state index contributed by atoms with van der Waals surface area (Å²) >= 11 is 0. The van der Waals surface area contributed by atoms with Crippen molar-refractivity contribution in [3.63, 3.8) is 0 Å². The lowest BCUT2D eigenvalue weighted by atomic mass is 10.1. The Kier molecular flexibility index (Phi) is 6.12. The number of carboxylic acid groups (broad SMARTS) is 2. The van der Waals surface area contributed by atoms with Crippen molar-refractivity contribution in [1.82, 2.24) is 9.88 Å². The van der Waals surface area contributed by atoms with Crippen molar-refractivity contribution in [2.24, 2.45) is 0 Å². The van der Waals surface area contributed by atoms with E-state index < -0.39 is 23.9 Å². The number of amides is 1. The molecule has 0 saturated heterocycles. The number of nitrogens with zero attached hydrogens (tertiary/aromatic N) is 1. The molecule has 0 spiro atoms. The first-order valence-electron chi connectivity index (χ1n) is 6.29. The van der Waals surface area contributed by atoms with Crippen LogP contribution < -0.4 is 10.9 Å². The molecule has 1 rings (SSSR count). The van der Waals surface area contributed by atoms with Gasteiger partial charge in [0.25, 0.3) is 5.56 Å². The fraction of sp³-hybridized carbons (Fsp3) is 0.385.